The lowest BCUT2D eigenvalue weighted by atomic mass is 10.00. The summed E-state index contributed by atoms with van der Waals surface area (Å²) in [7, 11) is 0. The van der Waals surface area contributed by atoms with E-state index in [2.05, 4.69) is 33.3 Å². The maximum absolute atomic E-state index is 12.8. The summed E-state index contributed by atoms with van der Waals surface area (Å²) in [5.74, 6) is 1.14. The van der Waals surface area contributed by atoms with Crippen LogP contribution in [-0.4, -0.2) is 69.0 Å². The highest BCUT2D eigenvalue weighted by Gasteiger charge is 2.25. The summed E-state index contributed by atoms with van der Waals surface area (Å²) >= 11 is 1.68. The van der Waals surface area contributed by atoms with E-state index in [1.807, 2.05) is 32.0 Å². The number of nitrogens with one attached hydrogen (secondary N) is 1. The van der Waals surface area contributed by atoms with E-state index in [-0.39, 0.29) is 31.0 Å². The van der Waals surface area contributed by atoms with Gasteiger partial charge in [0.25, 0.3) is 0 Å². The summed E-state index contributed by atoms with van der Waals surface area (Å²) < 4.78 is 17.5. The molecular weight excluding hydrogens is 526 g/mol. The van der Waals surface area contributed by atoms with Crippen LogP contribution in [0.5, 0.6) is 0 Å². The van der Waals surface area contributed by atoms with Crippen molar-refractivity contribution in [3.05, 3.63) is 69.9 Å². The lowest BCUT2D eigenvalue weighted by Crippen LogP contribution is -2.48. The molecule has 1 aromatic heterocycles. The van der Waals surface area contributed by atoms with Crippen molar-refractivity contribution >= 4 is 29.2 Å². The van der Waals surface area contributed by atoms with Gasteiger partial charge in [-0.05, 0) is 49.6 Å². The van der Waals surface area contributed by atoms with Crippen LogP contribution in [0.25, 0.3) is 11.3 Å². The normalized spacial score (nSPS) is 20.7. The maximum Gasteiger partial charge on any atom is 0.238 e. The quantitative estimate of drug-likeness (QED) is 0.368. The highest BCUT2D eigenvalue weighted by atomic mass is 32.2. The Morgan fingerprint density at radius 3 is 2.58 bits per heavy atom. The predicted molar refractivity (Wildman–Crippen MR) is 159 cm³/mol. The minimum absolute atomic E-state index is 0. The molecule has 9 heteroatoms. The van der Waals surface area contributed by atoms with Gasteiger partial charge in [0.15, 0.2) is 11.3 Å². The average Bonchev–Trinajstić information content (AvgIpc) is 2.91. The molecule has 0 radical (unpaired) electrons. The molecular formula is C31H37N3O5S. The average molecular weight is 564 g/mol. The first-order chi connectivity index (χ1) is 18.9. The van der Waals surface area contributed by atoms with Gasteiger partial charge in [0, 0.05) is 59.4 Å². The molecule has 0 bridgehead atoms. The zero-order valence-corrected chi connectivity index (χ0v) is 23.1. The third-order valence-corrected chi connectivity index (χ3v) is 8.54. The lowest BCUT2D eigenvalue weighted by molar-refractivity contribution is -0.121. The molecule has 3 aliphatic heterocycles. The predicted octanol–water partition coefficient (Wildman–Crippen LogP) is 4.88. The Kier molecular flexibility index (Phi) is 8.65. The van der Waals surface area contributed by atoms with Crippen LogP contribution in [0.3, 0.4) is 0 Å². The largest absolute Gasteiger partial charge is 0.440 e. The van der Waals surface area contributed by atoms with E-state index in [0.717, 1.165) is 40.6 Å². The second kappa shape index (κ2) is 12.2. The number of carbonyl (C=O) groups excluding carboxylic acids is 1. The number of ether oxygens (including phenoxy) is 2. The van der Waals surface area contributed by atoms with Crippen LogP contribution < -0.4 is 15.6 Å². The second-order valence-electron chi connectivity index (χ2n) is 10.5. The molecule has 8 nitrogen and oxygen atoms in total. The first kappa shape index (κ1) is 28.4. The molecule has 40 heavy (non-hydrogen) atoms. The fourth-order valence-electron chi connectivity index (χ4n) is 5.60. The van der Waals surface area contributed by atoms with E-state index < -0.39 is 0 Å². The van der Waals surface area contributed by atoms with Crippen molar-refractivity contribution in [3.63, 3.8) is 0 Å². The Balaban J connectivity index is 0.00000323. The molecule has 6 rings (SSSR count). The van der Waals surface area contributed by atoms with E-state index >= 15 is 0 Å². The fourth-order valence-corrected chi connectivity index (χ4v) is 6.77. The van der Waals surface area contributed by atoms with Crippen LogP contribution in [0.2, 0.25) is 0 Å². The molecule has 0 saturated carbocycles. The van der Waals surface area contributed by atoms with Crippen molar-refractivity contribution in [1.82, 2.24) is 4.90 Å². The number of benzene rings is 2. The monoisotopic (exact) mass is 563 g/mol. The molecule has 3 aromatic rings. The molecule has 3 aliphatic rings. The Labute approximate surface area is 239 Å². The standard InChI is InChI=1S/C30H33N3O5S.CH4/c1-19-16-32(17-20(2)37-19)18-28(35)31-23-6-7-27-22(13-23)12-21-4-3-5-25(30(21)39-27)26-14-24(34)15-29(38-26)33-8-10-36-11-9-33;/h3-7,13-15,19-20H,8-12,16-18H2,1-2H3,(H,31,35);1H4/t19-,20+;. The van der Waals surface area contributed by atoms with E-state index in [1.54, 1.807) is 23.9 Å². The van der Waals surface area contributed by atoms with Crippen LogP contribution in [0.4, 0.5) is 11.6 Å². The van der Waals surface area contributed by atoms with Gasteiger partial charge in [0.2, 0.25) is 5.91 Å². The summed E-state index contributed by atoms with van der Waals surface area (Å²) in [5, 5.41) is 3.08. The van der Waals surface area contributed by atoms with Crippen molar-refractivity contribution in [1.29, 1.82) is 0 Å². The third-order valence-electron chi connectivity index (χ3n) is 7.24. The molecule has 2 atom stereocenters. The highest BCUT2D eigenvalue weighted by Crippen LogP contribution is 2.45. The number of carbonyl (C=O) groups is 1. The molecule has 2 aromatic carbocycles. The number of morpholine rings is 2. The van der Waals surface area contributed by atoms with Crippen LogP contribution in [0.15, 0.2) is 67.5 Å². The minimum atomic E-state index is -0.0714. The zero-order chi connectivity index (χ0) is 26.9. The first-order valence-corrected chi connectivity index (χ1v) is 14.3. The van der Waals surface area contributed by atoms with Gasteiger partial charge in [-0.1, -0.05) is 37.4 Å². The van der Waals surface area contributed by atoms with Gasteiger partial charge < -0.3 is 24.1 Å². The summed E-state index contributed by atoms with van der Waals surface area (Å²) in [4.78, 5) is 31.8. The van der Waals surface area contributed by atoms with E-state index in [1.165, 1.54) is 11.1 Å². The minimum Gasteiger partial charge on any atom is -0.440 e. The van der Waals surface area contributed by atoms with Crippen LogP contribution in [-0.2, 0) is 20.7 Å². The lowest BCUT2D eigenvalue weighted by Gasteiger charge is -2.34. The van der Waals surface area contributed by atoms with Crippen molar-refractivity contribution in [3.8, 4) is 11.3 Å². The Bertz CT molecular complexity index is 1420. The molecule has 2 fully saturated rings. The van der Waals surface area contributed by atoms with Gasteiger partial charge in [0.1, 0.15) is 5.76 Å². The number of rotatable bonds is 5. The molecule has 1 N–H and O–H groups in total. The Morgan fingerprint density at radius 1 is 1.02 bits per heavy atom. The molecule has 0 aliphatic carbocycles. The number of anilines is 2. The van der Waals surface area contributed by atoms with Gasteiger partial charge in [0.05, 0.1) is 32.0 Å². The van der Waals surface area contributed by atoms with E-state index in [0.29, 0.717) is 44.5 Å². The molecule has 1 amide bonds. The van der Waals surface area contributed by atoms with Crippen molar-refractivity contribution < 1.29 is 18.7 Å². The summed E-state index contributed by atoms with van der Waals surface area (Å²) in [6, 6.07) is 15.4. The number of nitrogens with zero attached hydrogens (tertiary/aromatic N) is 2. The summed E-state index contributed by atoms with van der Waals surface area (Å²) in [6.45, 7) is 8.59. The summed E-state index contributed by atoms with van der Waals surface area (Å²) in [5.41, 5.74) is 3.99. The maximum atomic E-state index is 12.8. The highest BCUT2D eigenvalue weighted by molar-refractivity contribution is 7.99. The number of amides is 1. The number of fused-ring (bicyclic) bond motifs is 2. The number of hydrogen-bond acceptors (Lipinski definition) is 8. The van der Waals surface area contributed by atoms with Gasteiger partial charge in [-0.15, -0.1) is 0 Å². The Hall–Kier alpha value is -3.11. The van der Waals surface area contributed by atoms with Crippen molar-refractivity contribution in [2.45, 2.75) is 49.7 Å². The molecule has 212 valence electrons. The van der Waals surface area contributed by atoms with Crippen LogP contribution in [0, 0.1) is 0 Å². The van der Waals surface area contributed by atoms with Crippen LogP contribution >= 0.6 is 11.8 Å². The van der Waals surface area contributed by atoms with Crippen molar-refractivity contribution in [2.75, 3.05) is 56.2 Å². The summed E-state index contributed by atoms with van der Waals surface area (Å²) in [6.07, 6.45) is 0.991. The first-order valence-electron chi connectivity index (χ1n) is 13.5. The topological polar surface area (TPSA) is 84.3 Å². The van der Waals surface area contributed by atoms with E-state index in [4.69, 9.17) is 13.9 Å². The molecule has 2 saturated heterocycles. The fraction of sp³-hybridized carbons (Fsp3) is 0.419. The van der Waals surface area contributed by atoms with Gasteiger partial charge in [-0.2, -0.15) is 0 Å². The van der Waals surface area contributed by atoms with Gasteiger partial charge in [-0.25, -0.2) is 0 Å². The molecule has 0 spiro atoms. The van der Waals surface area contributed by atoms with Gasteiger partial charge in [-0.3, -0.25) is 14.5 Å². The second-order valence-corrected chi connectivity index (χ2v) is 11.5. The van der Waals surface area contributed by atoms with Crippen LogP contribution in [0.1, 0.15) is 32.4 Å². The van der Waals surface area contributed by atoms with Gasteiger partial charge >= 0.3 is 0 Å². The third kappa shape index (κ3) is 6.28. The zero-order valence-electron chi connectivity index (χ0n) is 22.3. The van der Waals surface area contributed by atoms with Crippen molar-refractivity contribution in [2.24, 2.45) is 0 Å². The SMILES string of the molecule is C.C[C@@H]1CN(CC(=O)Nc2ccc3c(c2)Cc2cccc(-c4cc(=O)cc(N5CCOCC5)o4)c2S3)C[C@H](C)O1. The Morgan fingerprint density at radius 2 is 1.80 bits per heavy atom. The van der Waals surface area contributed by atoms with E-state index in [9.17, 15) is 9.59 Å². The number of hydrogen-bond donors (Lipinski definition) is 1. The molecule has 4 heterocycles. The smallest absolute Gasteiger partial charge is 0.238 e. The molecule has 0 unspecified atom stereocenters.